The van der Waals surface area contributed by atoms with Crippen LogP contribution in [0.15, 0.2) is 18.3 Å². The predicted octanol–water partition coefficient (Wildman–Crippen LogP) is -0.137. The Bertz CT molecular complexity index is 499. The highest BCUT2D eigenvalue weighted by Crippen LogP contribution is 2.07. The molecule has 22 heavy (non-hydrogen) atoms. The van der Waals surface area contributed by atoms with Crippen molar-refractivity contribution in [1.82, 2.24) is 15.6 Å². The molecule has 0 saturated carbocycles. The topological polar surface area (TPSA) is 100 Å². The molecule has 1 atom stereocenters. The summed E-state index contributed by atoms with van der Waals surface area (Å²) in [5, 5.41) is 5.25. The average Bonchev–Trinajstić information content (AvgIpc) is 2.49. The molecule has 122 valence electrons. The van der Waals surface area contributed by atoms with E-state index in [-0.39, 0.29) is 24.3 Å². The molecular formula is C15H25N5O2. The molecule has 0 unspecified atom stereocenters. The number of nitrogens with zero attached hydrogens (tertiary/aromatic N) is 2. The summed E-state index contributed by atoms with van der Waals surface area (Å²) in [6.07, 6.45) is 1.71. The van der Waals surface area contributed by atoms with Crippen LogP contribution in [0.1, 0.15) is 19.4 Å². The number of carbonyl (C=O) groups is 2. The summed E-state index contributed by atoms with van der Waals surface area (Å²) in [7, 11) is 3.82. The lowest BCUT2D eigenvalue weighted by molar-refractivity contribution is -0.127. The van der Waals surface area contributed by atoms with E-state index in [1.807, 2.05) is 45.0 Å². The fraction of sp³-hybridized carbons (Fsp3) is 0.533. The number of carbonyl (C=O) groups excluding carboxylic acids is 2. The van der Waals surface area contributed by atoms with E-state index in [0.717, 1.165) is 11.4 Å². The second-order valence-corrected chi connectivity index (χ2v) is 5.68. The molecule has 7 heteroatoms. The summed E-state index contributed by atoms with van der Waals surface area (Å²) in [6.45, 7) is 4.00. The van der Waals surface area contributed by atoms with E-state index in [9.17, 15) is 9.59 Å². The molecule has 0 aromatic carbocycles. The van der Waals surface area contributed by atoms with Crippen molar-refractivity contribution >= 4 is 17.6 Å². The number of hydrogen-bond donors (Lipinski definition) is 3. The molecule has 0 spiro atoms. The summed E-state index contributed by atoms with van der Waals surface area (Å²) in [6, 6.07) is 3.18. The molecule has 7 nitrogen and oxygen atoms in total. The van der Waals surface area contributed by atoms with Crippen LogP contribution in [0.3, 0.4) is 0 Å². The molecule has 1 aromatic rings. The van der Waals surface area contributed by atoms with E-state index in [0.29, 0.717) is 6.54 Å². The van der Waals surface area contributed by atoms with E-state index in [1.165, 1.54) is 0 Å². The Hall–Kier alpha value is -2.15. The minimum Gasteiger partial charge on any atom is -0.363 e. The van der Waals surface area contributed by atoms with Crippen molar-refractivity contribution in [2.24, 2.45) is 11.7 Å². The zero-order chi connectivity index (χ0) is 16.7. The molecule has 0 aliphatic heterocycles. The van der Waals surface area contributed by atoms with Gasteiger partial charge in [-0.25, -0.2) is 4.98 Å². The number of hydrogen-bond acceptors (Lipinski definition) is 5. The van der Waals surface area contributed by atoms with Crippen LogP contribution in [-0.4, -0.2) is 43.5 Å². The predicted molar refractivity (Wildman–Crippen MR) is 86.2 cm³/mol. The Morgan fingerprint density at radius 2 is 1.95 bits per heavy atom. The van der Waals surface area contributed by atoms with Crippen LogP contribution < -0.4 is 21.3 Å². The van der Waals surface area contributed by atoms with Crippen LogP contribution >= 0.6 is 0 Å². The highest BCUT2D eigenvalue weighted by Gasteiger charge is 2.17. The van der Waals surface area contributed by atoms with E-state index in [4.69, 9.17) is 5.73 Å². The third kappa shape index (κ3) is 5.69. The van der Waals surface area contributed by atoms with Crippen molar-refractivity contribution < 1.29 is 9.59 Å². The average molecular weight is 307 g/mol. The minimum atomic E-state index is -0.601. The molecule has 0 fully saturated rings. The van der Waals surface area contributed by atoms with Crippen LogP contribution in [-0.2, 0) is 16.1 Å². The lowest BCUT2D eigenvalue weighted by Gasteiger charge is -2.15. The standard InChI is InChI=1S/C15H25N5O2/c1-10(2)14(16)15(22)19-9-13(21)18-8-11-5-6-12(17-7-11)20(3)4/h5-7,10,14H,8-9,16H2,1-4H3,(H,18,21)(H,19,22)/t14-/m0/s1. The number of amides is 2. The third-order valence-electron chi connectivity index (χ3n) is 3.20. The highest BCUT2D eigenvalue weighted by atomic mass is 16.2. The number of pyridine rings is 1. The number of rotatable bonds is 7. The van der Waals surface area contributed by atoms with Crippen LogP contribution in [0.25, 0.3) is 0 Å². The number of nitrogens with two attached hydrogens (primary N) is 1. The first-order valence-corrected chi connectivity index (χ1v) is 7.23. The summed E-state index contributed by atoms with van der Waals surface area (Å²) >= 11 is 0. The summed E-state index contributed by atoms with van der Waals surface area (Å²) in [5.41, 5.74) is 6.59. The first-order chi connectivity index (χ1) is 10.3. The lowest BCUT2D eigenvalue weighted by Crippen LogP contribution is -2.47. The summed E-state index contributed by atoms with van der Waals surface area (Å²) in [5.74, 6) is 0.303. The molecule has 0 aliphatic carbocycles. The second-order valence-electron chi connectivity index (χ2n) is 5.68. The minimum absolute atomic E-state index is 0.0318. The molecule has 0 aliphatic rings. The maximum atomic E-state index is 11.7. The zero-order valence-corrected chi connectivity index (χ0v) is 13.6. The molecule has 4 N–H and O–H groups in total. The van der Waals surface area contributed by atoms with E-state index in [2.05, 4.69) is 15.6 Å². The Labute approximate surface area is 131 Å². The Morgan fingerprint density at radius 3 is 2.45 bits per heavy atom. The van der Waals surface area contributed by atoms with Gasteiger partial charge in [0.25, 0.3) is 0 Å². The maximum Gasteiger partial charge on any atom is 0.239 e. The van der Waals surface area contributed by atoms with Gasteiger partial charge in [-0.3, -0.25) is 9.59 Å². The van der Waals surface area contributed by atoms with Crippen LogP contribution in [0.2, 0.25) is 0 Å². The van der Waals surface area contributed by atoms with Gasteiger partial charge in [-0.15, -0.1) is 0 Å². The summed E-state index contributed by atoms with van der Waals surface area (Å²) in [4.78, 5) is 29.5. The smallest absolute Gasteiger partial charge is 0.239 e. The van der Waals surface area contributed by atoms with Gasteiger partial charge in [0.2, 0.25) is 11.8 Å². The Morgan fingerprint density at radius 1 is 1.27 bits per heavy atom. The molecule has 1 heterocycles. The van der Waals surface area contributed by atoms with Crippen molar-refractivity contribution in [3.63, 3.8) is 0 Å². The van der Waals surface area contributed by atoms with Gasteiger partial charge in [0, 0.05) is 26.8 Å². The molecule has 1 aromatic heterocycles. The van der Waals surface area contributed by atoms with Crippen LogP contribution in [0.5, 0.6) is 0 Å². The zero-order valence-electron chi connectivity index (χ0n) is 13.6. The van der Waals surface area contributed by atoms with Crippen molar-refractivity contribution in [3.05, 3.63) is 23.9 Å². The number of anilines is 1. The van der Waals surface area contributed by atoms with Gasteiger partial charge in [-0.05, 0) is 17.5 Å². The fourth-order valence-corrected chi connectivity index (χ4v) is 1.64. The van der Waals surface area contributed by atoms with Gasteiger partial charge < -0.3 is 21.3 Å². The van der Waals surface area contributed by atoms with Gasteiger partial charge in [-0.1, -0.05) is 19.9 Å². The van der Waals surface area contributed by atoms with E-state index in [1.54, 1.807) is 6.20 Å². The number of aromatic nitrogens is 1. The monoisotopic (exact) mass is 307 g/mol. The Kier molecular flexibility index (Phi) is 6.78. The van der Waals surface area contributed by atoms with Crippen molar-refractivity contribution in [1.29, 1.82) is 0 Å². The van der Waals surface area contributed by atoms with Crippen LogP contribution in [0.4, 0.5) is 5.82 Å². The molecule has 0 bridgehead atoms. The van der Waals surface area contributed by atoms with E-state index >= 15 is 0 Å². The second kappa shape index (κ2) is 8.33. The van der Waals surface area contributed by atoms with Gasteiger partial charge in [0.1, 0.15) is 5.82 Å². The SMILES string of the molecule is CC(C)[C@H](N)C(=O)NCC(=O)NCc1ccc(N(C)C)nc1. The number of nitrogens with one attached hydrogen (secondary N) is 2. The molecule has 2 amide bonds. The quantitative estimate of drug-likeness (QED) is 0.651. The normalized spacial score (nSPS) is 11.9. The van der Waals surface area contributed by atoms with Crippen molar-refractivity contribution in [2.45, 2.75) is 26.4 Å². The first-order valence-electron chi connectivity index (χ1n) is 7.23. The molecule has 0 saturated heterocycles. The largest absolute Gasteiger partial charge is 0.363 e. The summed E-state index contributed by atoms with van der Waals surface area (Å²) < 4.78 is 0. The third-order valence-corrected chi connectivity index (χ3v) is 3.20. The molecular weight excluding hydrogens is 282 g/mol. The van der Waals surface area contributed by atoms with Gasteiger partial charge in [0.15, 0.2) is 0 Å². The van der Waals surface area contributed by atoms with Gasteiger partial charge in [-0.2, -0.15) is 0 Å². The lowest BCUT2D eigenvalue weighted by atomic mass is 10.1. The highest BCUT2D eigenvalue weighted by molar-refractivity contribution is 5.87. The Balaban J connectivity index is 2.35. The molecule has 0 radical (unpaired) electrons. The van der Waals surface area contributed by atoms with Gasteiger partial charge in [0.05, 0.1) is 12.6 Å². The first kappa shape index (κ1) is 17.9. The molecule has 1 rings (SSSR count). The fourth-order valence-electron chi connectivity index (χ4n) is 1.64. The van der Waals surface area contributed by atoms with E-state index < -0.39 is 6.04 Å². The maximum absolute atomic E-state index is 11.7. The van der Waals surface area contributed by atoms with Crippen LogP contribution in [0, 0.1) is 5.92 Å². The van der Waals surface area contributed by atoms with Crippen molar-refractivity contribution in [2.75, 3.05) is 25.5 Å². The van der Waals surface area contributed by atoms with Crippen molar-refractivity contribution in [3.8, 4) is 0 Å². The van der Waals surface area contributed by atoms with Gasteiger partial charge >= 0.3 is 0 Å².